The normalized spacial score (nSPS) is 16.7. The van der Waals surface area contributed by atoms with Gasteiger partial charge >= 0.3 is 0 Å². The summed E-state index contributed by atoms with van der Waals surface area (Å²) in [4.78, 5) is 14.7. The summed E-state index contributed by atoms with van der Waals surface area (Å²) in [6, 6.07) is 11.6. The van der Waals surface area contributed by atoms with Gasteiger partial charge in [-0.25, -0.2) is 0 Å². The van der Waals surface area contributed by atoms with E-state index in [1.54, 1.807) is 12.0 Å². The molecule has 4 rings (SSSR count). The van der Waals surface area contributed by atoms with Crippen molar-refractivity contribution in [2.24, 2.45) is 11.7 Å². The van der Waals surface area contributed by atoms with Crippen molar-refractivity contribution in [3.8, 4) is 11.5 Å². The lowest BCUT2D eigenvalue weighted by Crippen LogP contribution is -2.23. The molecule has 2 aromatic carbocycles. The molecule has 5 heteroatoms. The maximum Gasteiger partial charge on any atom is 0.258 e. The Bertz CT molecular complexity index is 843. The number of fused-ring (bicyclic) bond motifs is 1. The number of ether oxygens (including phenoxy) is 2. The van der Waals surface area contributed by atoms with Crippen LogP contribution in [-0.2, 0) is 13.1 Å². The van der Waals surface area contributed by atoms with Crippen LogP contribution in [-0.4, -0.2) is 19.6 Å². The molecule has 1 amide bonds. The fourth-order valence-corrected chi connectivity index (χ4v) is 4.01. The van der Waals surface area contributed by atoms with Crippen molar-refractivity contribution in [3.63, 3.8) is 0 Å². The summed E-state index contributed by atoms with van der Waals surface area (Å²) >= 11 is 0. The van der Waals surface area contributed by atoms with Crippen molar-refractivity contribution in [1.29, 1.82) is 0 Å². The van der Waals surface area contributed by atoms with Gasteiger partial charge in [-0.15, -0.1) is 0 Å². The van der Waals surface area contributed by atoms with Gasteiger partial charge < -0.3 is 20.1 Å². The molecule has 0 spiro atoms. The molecule has 2 aromatic rings. The van der Waals surface area contributed by atoms with Crippen LogP contribution in [0, 0.1) is 5.92 Å². The predicted octanol–water partition coefficient (Wildman–Crippen LogP) is 3.88. The van der Waals surface area contributed by atoms with Crippen LogP contribution in [0.25, 0.3) is 0 Å². The van der Waals surface area contributed by atoms with Crippen LogP contribution < -0.4 is 20.1 Å². The average Bonchev–Trinajstić information content (AvgIpc) is 3.34. The highest BCUT2D eigenvalue weighted by atomic mass is 16.5. The molecule has 1 saturated carbocycles. The van der Waals surface area contributed by atoms with Crippen molar-refractivity contribution in [1.82, 2.24) is 0 Å². The van der Waals surface area contributed by atoms with Gasteiger partial charge in [-0.1, -0.05) is 25.0 Å². The Labute approximate surface area is 160 Å². The lowest BCUT2D eigenvalue weighted by atomic mass is 10.1. The third kappa shape index (κ3) is 3.52. The third-order valence-electron chi connectivity index (χ3n) is 5.62. The maximum atomic E-state index is 12.9. The summed E-state index contributed by atoms with van der Waals surface area (Å²) in [5.74, 6) is 2.03. The zero-order valence-electron chi connectivity index (χ0n) is 15.7. The van der Waals surface area contributed by atoms with Crippen LogP contribution >= 0.6 is 0 Å². The number of nitrogens with zero attached hydrogens (tertiary/aromatic N) is 1. The third-order valence-corrected chi connectivity index (χ3v) is 5.62. The zero-order valence-corrected chi connectivity index (χ0v) is 15.7. The van der Waals surface area contributed by atoms with Gasteiger partial charge in [-0.2, -0.15) is 0 Å². The van der Waals surface area contributed by atoms with Crippen molar-refractivity contribution < 1.29 is 14.3 Å². The van der Waals surface area contributed by atoms with E-state index in [0.29, 0.717) is 37.1 Å². The minimum atomic E-state index is 0.00668. The summed E-state index contributed by atoms with van der Waals surface area (Å²) < 4.78 is 11.5. The van der Waals surface area contributed by atoms with Crippen molar-refractivity contribution in [3.05, 3.63) is 53.1 Å². The lowest BCUT2D eigenvalue weighted by Gasteiger charge is -2.19. The second-order valence-electron chi connectivity index (χ2n) is 7.38. The van der Waals surface area contributed by atoms with Gasteiger partial charge in [0.2, 0.25) is 0 Å². The standard InChI is InChI=1S/C22H26N2O3/c1-26-20-9-8-18(11-21(20)27-14-15-4-2-3-5-15)24-13-17-7-6-16(12-23)10-19(17)22(24)25/h6-11,15H,2-5,12-14,23H2,1H3. The topological polar surface area (TPSA) is 64.8 Å². The van der Waals surface area contributed by atoms with Crippen molar-refractivity contribution in [2.75, 3.05) is 18.6 Å². The van der Waals surface area contributed by atoms with E-state index in [1.165, 1.54) is 25.7 Å². The number of nitrogens with two attached hydrogens (primary N) is 1. The molecule has 27 heavy (non-hydrogen) atoms. The van der Waals surface area contributed by atoms with Crippen LogP contribution in [0.1, 0.15) is 47.2 Å². The minimum Gasteiger partial charge on any atom is -0.493 e. The van der Waals surface area contributed by atoms with Crippen LogP contribution in [0.2, 0.25) is 0 Å². The molecule has 1 fully saturated rings. The van der Waals surface area contributed by atoms with Gasteiger partial charge in [0.15, 0.2) is 11.5 Å². The number of anilines is 1. The van der Waals surface area contributed by atoms with E-state index in [1.807, 2.05) is 36.4 Å². The minimum absolute atomic E-state index is 0.00668. The second-order valence-corrected chi connectivity index (χ2v) is 7.38. The summed E-state index contributed by atoms with van der Waals surface area (Å²) in [6.07, 6.45) is 5.03. The summed E-state index contributed by atoms with van der Waals surface area (Å²) in [7, 11) is 1.64. The highest BCUT2D eigenvalue weighted by molar-refractivity contribution is 6.10. The largest absolute Gasteiger partial charge is 0.493 e. The van der Waals surface area contributed by atoms with E-state index in [0.717, 1.165) is 22.4 Å². The van der Waals surface area contributed by atoms with Gasteiger partial charge in [0.05, 0.1) is 20.3 Å². The number of carbonyl (C=O) groups is 1. The first-order valence-corrected chi connectivity index (χ1v) is 9.64. The second kappa shape index (κ2) is 7.61. The highest BCUT2D eigenvalue weighted by Gasteiger charge is 2.29. The monoisotopic (exact) mass is 366 g/mol. The van der Waals surface area contributed by atoms with Gasteiger partial charge in [0, 0.05) is 23.9 Å². The average molecular weight is 366 g/mol. The molecule has 0 aromatic heterocycles. The Hall–Kier alpha value is -2.53. The molecule has 2 aliphatic rings. The van der Waals surface area contributed by atoms with E-state index >= 15 is 0 Å². The fraction of sp³-hybridized carbons (Fsp3) is 0.409. The highest BCUT2D eigenvalue weighted by Crippen LogP contribution is 2.36. The predicted molar refractivity (Wildman–Crippen MR) is 105 cm³/mol. The molecule has 0 saturated heterocycles. The van der Waals surface area contributed by atoms with Crippen molar-refractivity contribution in [2.45, 2.75) is 38.8 Å². The summed E-state index contributed by atoms with van der Waals surface area (Å²) in [5.41, 5.74) is 9.28. The number of rotatable bonds is 6. The molecule has 1 heterocycles. The summed E-state index contributed by atoms with van der Waals surface area (Å²) in [5, 5.41) is 0. The van der Waals surface area contributed by atoms with Gasteiger partial charge in [0.1, 0.15) is 0 Å². The fourth-order valence-electron chi connectivity index (χ4n) is 4.01. The lowest BCUT2D eigenvalue weighted by molar-refractivity contribution is 0.0996. The van der Waals surface area contributed by atoms with Crippen LogP contribution in [0.4, 0.5) is 5.69 Å². The Morgan fingerprint density at radius 2 is 1.93 bits per heavy atom. The molecular formula is C22H26N2O3. The van der Waals surface area contributed by atoms with Gasteiger partial charge in [-0.3, -0.25) is 4.79 Å². The van der Waals surface area contributed by atoms with E-state index in [2.05, 4.69) is 0 Å². The first-order valence-electron chi connectivity index (χ1n) is 9.64. The smallest absolute Gasteiger partial charge is 0.258 e. The molecule has 1 aliphatic heterocycles. The zero-order chi connectivity index (χ0) is 18.8. The Balaban J connectivity index is 1.56. The molecule has 0 bridgehead atoms. The number of carbonyl (C=O) groups excluding carboxylic acids is 1. The van der Waals surface area contributed by atoms with Crippen LogP contribution in [0.3, 0.4) is 0 Å². The molecule has 0 atom stereocenters. The van der Waals surface area contributed by atoms with E-state index in [-0.39, 0.29) is 5.91 Å². The quantitative estimate of drug-likeness (QED) is 0.842. The van der Waals surface area contributed by atoms with E-state index in [9.17, 15) is 4.79 Å². The first kappa shape index (κ1) is 17.9. The van der Waals surface area contributed by atoms with Crippen LogP contribution in [0.5, 0.6) is 11.5 Å². The molecule has 0 radical (unpaired) electrons. The number of hydrogen-bond donors (Lipinski definition) is 1. The van der Waals surface area contributed by atoms with Gasteiger partial charge in [-0.05, 0) is 48.1 Å². The van der Waals surface area contributed by atoms with Crippen LogP contribution in [0.15, 0.2) is 36.4 Å². The molecular weight excluding hydrogens is 340 g/mol. The molecule has 142 valence electrons. The molecule has 0 unspecified atom stereocenters. The Morgan fingerprint density at radius 3 is 2.67 bits per heavy atom. The molecule has 5 nitrogen and oxygen atoms in total. The number of hydrogen-bond acceptors (Lipinski definition) is 4. The summed E-state index contributed by atoms with van der Waals surface area (Å²) in [6.45, 7) is 1.70. The van der Waals surface area contributed by atoms with Gasteiger partial charge in [0.25, 0.3) is 5.91 Å². The molecule has 2 N–H and O–H groups in total. The number of methoxy groups -OCH3 is 1. The Morgan fingerprint density at radius 1 is 1.11 bits per heavy atom. The Kier molecular flexibility index (Phi) is 5.03. The van der Waals surface area contributed by atoms with Crippen molar-refractivity contribution >= 4 is 11.6 Å². The first-order chi connectivity index (χ1) is 13.2. The van der Waals surface area contributed by atoms with E-state index in [4.69, 9.17) is 15.2 Å². The number of benzene rings is 2. The maximum absolute atomic E-state index is 12.9. The number of amides is 1. The van der Waals surface area contributed by atoms with E-state index < -0.39 is 0 Å². The SMILES string of the molecule is COc1ccc(N2Cc3ccc(CN)cc3C2=O)cc1OCC1CCCC1. The molecule has 1 aliphatic carbocycles.